The van der Waals surface area contributed by atoms with Gasteiger partial charge in [0.05, 0.1) is 13.7 Å². The van der Waals surface area contributed by atoms with Gasteiger partial charge in [-0.3, -0.25) is 4.79 Å². The zero-order valence-corrected chi connectivity index (χ0v) is 10.8. The van der Waals surface area contributed by atoms with Crippen LogP contribution >= 0.6 is 0 Å². The smallest absolute Gasteiger partial charge is 0.219 e. The van der Waals surface area contributed by atoms with Crippen molar-refractivity contribution >= 4 is 11.5 Å². The summed E-state index contributed by atoms with van der Waals surface area (Å²) in [5, 5.41) is 4.09. The molecule has 6 heteroatoms. The number of methoxy groups -OCH3 is 1. The second-order valence-electron chi connectivity index (χ2n) is 4.99. The molecule has 0 radical (unpaired) electrons. The lowest BCUT2D eigenvalue weighted by Gasteiger charge is -2.27. The molecule has 2 fully saturated rings. The largest absolute Gasteiger partial charge is 0.497 e. The highest BCUT2D eigenvalue weighted by molar-refractivity contribution is 6.15. The molecule has 3 heterocycles. The minimum atomic E-state index is -0.772. The Labute approximate surface area is 115 Å². The predicted molar refractivity (Wildman–Crippen MR) is 67.5 cm³/mol. The van der Waals surface area contributed by atoms with Gasteiger partial charge in [-0.05, 0) is 24.3 Å². The van der Waals surface area contributed by atoms with E-state index in [2.05, 4.69) is 5.16 Å². The Kier molecular flexibility index (Phi) is 2.55. The molecule has 3 aliphatic rings. The van der Waals surface area contributed by atoms with Gasteiger partial charge in [-0.25, -0.2) is 0 Å². The molecule has 4 rings (SSSR count). The van der Waals surface area contributed by atoms with E-state index in [1.54, 1.807) is 7.11 Å². The van der Waals surface area contributed by atoms with Crippen molar-refractivity contribution in [2.75, 3.05) is 13.7 Å². The molecule has 0 amide bonds. The number of Topliss-reactive ketones (excluding diaryl/α,β-unsaturated/α-hetero) is 1. The van der Waals surface area contributed by atoms with Crippen molar-refractivity contribution < 1.29 is 23.8 Å². The van der Waals surface area contributed by atoms with Gasteiger partial charge >= 0.3 is 0 Å². The van der Waals surface area contributed by atoms with Crippen LogP contribution in [0.15, 0.2) is 29.4 Å². The molecule has 2 bridgehead atoms. The number of ketones is 1. The van der Waals surface area contributed by atoms with Gasteiger partial charge in [0.2, 0.25) is 12.1 Å². The minimum Gasteiger partial charge on any atom is -0.497 e. The first-order valence-electron chi connectivity index (χ1n) is 6.47. The van der Waals surface area contributed by atoms with Gasteiger partial charge < -0.3 is 19.0 Å². The highest BCUT2D eigenvalue weighted by Gasteiger charge is 2.56. The lowest BCUT2D eigenvalue weighted by molar-refractivity contribution is -0.169. The van der Waals surface area contributed by atoms with E-state index >= 15 is 0 Å². The Hall–Kier alpha value is -1.92. The zero-order valence-electron chi connectivity index (χ0n) is 10.8. The first-order valence-corrected chi connectivity index (χ1v) is 6.47. The summed E-state index contributed by atoms with van der Waals surface area (Å²) in [5.41, 5.74) is 1.50. The Morgan fingerprint density at radius 2 is 2.10 bits per heavy atom. The van der Waals surface area contributed by atoms with Crippen molar-refractivity contribution in [3.05, 3.63) is 29.8 Å². The number of carbonyl (C=O) groups is 1. The third-order valence-corrected chi connectivity index (χ3v) is 3.90. The van der Waals surface area contributed by atoms with E-state index in [0.717, 1.165) is 11.3 Å². The number of rotatable bonds is 2. The van der Waals surface area contributed by atoms with E-state index < -0.39 is 12.2 Å². The van der Waals surface area contributed by atoms with E-state index in [4.69, 9.17) is 19.0 Å². The number of carbonyl (C=O) groups excluding carboxylic acids is 1. The molecule has 0 saturated carbocycles. The summed E-state index contributed by atoms with van der Waals surface area (Å²) in [6.07, 6.45) is -1.37. The number of benzene rings is 1. The van der Waals surface area contributed by atoms with E-state index in [9.17, 15) is 4.79 Å². The Bertz CT molecular complexity index is 582. The fraction of sp³-hybridized carbons (Fsp3) is 0.429. The second-order valence-corrected chi connectivity index (χ2v) is 4.99. The van der Waals surface area contributed by atoms with Crippen molar-refractivity contribution in [2.45, 2.75) is 18.5 Å². The molecule has 0 N–H and O–H groups in total. The highest BCUT2D eigenvalue weighted by Crippen LogP contribution is 2.37. The number of hydrogen-bond acceptors (Lipinski definition) is 6. The Balaban J connectivity index is 1.67. The maximum absolute atomic E-state index is 12.3. The molecule has 0 aromatic heterocycles. The lowest BCUT2D eigenvalue weighted by atomic mass is 9.85. The fourth-order valence-electron chi connectivity index (χ4n) is 2.85. The number of ether oxygens (including phenoxy) is 3. The van der Waals surface area contributed by atoms with Gasteiger partial charge in [-0.15, -0.1) is 0 Å². The molecule has 0 aliphatic carbocycles. The second kappa shape index (κ2) is 4.29. The van der Waals surface area contributed by atoms with Gasteiger partial charge in [-0.1, -0.05) is 5.16 Å². The summed E-state index contributed by atoms with van der Waals surface area (Å²) in [5.74, 6) is 0.233. The van der Waals surface area contributed by atoms with E-state index in [-0.39, 0.29) is 18.0 Å². The van der Waals surface area contributed by atoms with Crippen molar-refractivity contribution in [1.82, 2.24) is 0 Å². The molecule has 1 aromatic rings. The Morgan fingerprint density at radius 3 is 2.85 bits per heavy atom. The van der Waals surface area contributed by atoms with Crippen molar-refractivity contribution in [3.63, 3.8) is 0 Å². The van der Waals surface area contributed by atoms with Crippen LogP contribution in [0.2, 0.25) is 0 Å². The first-order chi connectivity index (χ1) is 9.78. The lowest BCUT2D eigenvalue weighted by Crippen LogP contribution is -2.48. The molecule has 2 saturated heterocycles. The number of nitrogens with zero attached hydrogens (tertiary/aromatic N) is 1. The van der Waals surface area contributed by atoms with E-state index in [0.29, 0.717) is 12.3 Å². The topological polar surface area (TPSA) is 66.4 Å². The standard InChI is InChI=1S/C14H13NO5/c1-17-8-4-2-7(3-5-8)11-10-12(16)14-18-6-9(19-14)13(10)20-15-11/h2-5,9-10,13-14H,6H2,1H3/t9-,10-,13+,14+/m0/s1. The molecule has 4 atom stereocenters. The van der Waals surface area contributed by atoms with Crippen molar-refractivity contribution in [1.29, 1.82) is 0 Å². The monoisotopic (exact) mass is 275 g/mol. The van der Waals surface area contributed by atoms with Crippen LogP contribution in [0, 0.1) is 5.92 Å². The fourth-order valence-corrected chi connectivity index (χ4v) is 2.85. The molecule has 0 unspecified atom stereocenters. The van der Waals surface area contributed by atoms with Gasteiger partial charge in [0.25, 0.3) is 0 Å². The molecule has 3 aliphatic heterocycles. The quantitative estimate of drug-likeness (QED) is 0.796. The van der Waals surface area contributed by atoms with Gasteiger partial charge in [0.1, 0.15) is 23.5 Å². The van der Waals surface area contributed by atoms with Crippen LogP contribution in [-0.4, -0.2) is 43.7 Å². The van der Waals surface area contributed by atoms with Gasteiger partial charge in [0.15, 0.2) is 6.10 Å². The number of hydrogen-bond donors (Lipinski definition) is 0. The van der Waals surface area contributed by atoms with Crippen LogP contribution in [0.1, 0.15) is 5.56 Å². The molecule has 6 nitrogen and oxygen atoms in total. The first kappa shape index (κ1) is 11.9. The SMILES string of the molecule is COc1ccc(C2=NO[C@H]3[C@@H]2C(=O)[C@@H]2OC[C@@H]3O2)cc1. The van der Waals surface area contributed by atoms with Crippen LogP contribution < -0.4 is 4.74 Å². The summed E-state index contributed by atoms with van der Waals surface area (Å²) >= 11 is 0. The maximum Gasteiger partial charge on any atom is 0.219 e. The van der Waals surface area contributed by atoms with E-state index in [1.807, 2.05) is 24.3 Å². The van der Waals surface area contributed by atoms with Crippen molar-refractivity contribution in [3.8, 4) is 5.75 Å². The average Bonchev–Trinajstić information content (AvgIpc) is 3.11. The molecule has 104 valence electrons. The van der Waals surface area contributed by atoms with Crippen LogP contribution in [-0.2, 0) is 19.1 Å². The summed E-state index contributed by atoms with van der Waals surface area (Å²) in [7, 11) is 1.61. The molecular formula is C14H13NO5. The zero-order chi connectivity index (χ0) is 13.7. The van der Waals surface area contributed by atoms with Crippen LogP contribution in [0.5, 0.6) is 5.75 Å². The van der Waals surface area contributed by atoms with Crippen LogP contribution in [0.4, 0.5) is 0 Å². The predicted octanol–water partition coefficient (Wildman–Crippen LogP) is 0.738. The summed E-state index contributed by atoms with van der Waals surface area (Å²) in [6, 6.07) is 7.41. The maximum atomic E-state index is 12.3. The third-order valence-electron chi connectivity index (χ3n) is 3.90. The normalized spacial score (nSPS) is 34.5. The molecule has 1 aromatic carbocycles. The molecular weight excluding hydrogens is 262 g/mol. The van der Waals surface area contributed by atoms with Crippen molar-refractivity contribution in [2.24, 2.45) is 11.1 Å². The number of oxime groups is 1. The molecule has 0 spiro atoms. The Morgan fingerprint density at radius 1 is 1.30 bits per heavy atom. The summed E-state index contributed by atoms with van der Waals surface area (Å²) in [4.78, 5) is 17.7. The third kappa shape index (κ3) is 1.58. The van der Waals surface area contributed by atoms with E-state index in [1.165, 1.54) is 0 Å². The average molecular weight is 275 g/mol. The van der Waals surface area contributed by atoms with Crippen LogP contribution in [0.25, 0.3) is 0 Å². The minimum absolute atomic E-state index is 0.115. The van der Waals surface area contributed by atoms with Crippen LogP contribution in [0.3, 0.4) is 0 Å². The summed E-state index contributed by atoms with van der Waals surface area (Å²) in [6.45, 7) is 0.378. The molecule has 20 heavy (non-hydrogen) atoms. The van der Waals surface area contributed by atoms with Gasteiger partial charge in [0, 0.05) is 5.56 Å². The highest BCUT2D eigenvalue weighted by atomic mass is 16.7. The summed E-state index contributed by atoms with van der Waals surface area (Å²) < 4.78 is 15.9. The number of fused-ring (bicyclic) bond motifs is 4. The van der Waals surface area contributed by atoms with Gasteiger partial charge in [-0.2, -0.15) is 0 Å².